The topological polar surface area (TPSA) is 148 Å². The van der Waals surface area contributed by atoms with Crippen LogP contribution in [0.1, 0.15) is 18.9 Å². The van der Waals surface area contributed by atoms with E-state index >= 15 is 0 Å². The van der Waals surface area contributed by atoms with Crippen molar-refractivity contribution in [2.75, 3.05) is 13.7 Å². The SMILES string of the molecule is CO/C(COC(=O)C(=O)N[C@H](Cc1ccc(-c2cccc(Cl)c2)cc1)CC(O)C(=O)O)=C(/C)OC=O. The lowest BCUT2D eigenvalue weighted by Crippen LogP contribution is -2.44. The molecule has 0 spiro atoms. The smallest absolute Gasteiger partial charge is 0.397 e. The number of aliphatic hydroxyl groups is 1. The van der Waals surface area contributed by atoms with Crippen LogP contribution in [-0.2, 0) is 39.8 Å². The van der Waals surface area contributed by atoms with Crippen LogP contribution in [0.4, 0.5) is 0 Å². The van der Waals surface area contributed by atoms with Crippen LogP contribution in [0.2, 0.25) is 5.02 Å². The van der Waals surface area contributed by atoms with Gasteiger partial charge in [0.2, 0.25) is 0 Å². The molecule has 2 aromatic carbocycles. The lowest BCUT2D eigenvalue weighted by atomic mass is 9.98. The number of amides is 1. The predicted octanol–water partition coefficient (Wildman–Crippen LogP) is 2.46. The molecule has 1 unspecified atom stereocenters. The van der Waals surface area contributed by atoms with Crippen LogP contribution < -0.4 is 5.32 Å². The molecule has 0 aliphatic heterocycles. The van der Waals surface area contributed by atoms with Crippen LogP contribution in [0.15, 0.2) is 60.0 Å². The van der Waals surface area contributed by atoms with Crippen molar-refractivity contribution < 1.29 is 43.6 Å². The van der Waals surface area contributed by atoms with Gasteiger partial charge < -0.3 is 29.7 Å². The molecule has 0 bridgehead atoms. The summed E-state index contributed by atoms with van der Waals surface area (Å²) in [5.41, 5.74) is 2.52. The first-order chi connectivity index (χ1) is 17.1. The van der Waals surface area contributed by atoms with E-state index < -0.39 is 36.6 Å². The molecule has 0 aliphatic carbocycles. The molecule has 36 heavy (non-hydrogen) atoms. The third kappa shape index (κ3) is 8.71. The molecule has 0 saturated heterocycles. The standard InChI is InChI=1S/C25H26ClNO9/c1-15(36-14-28)22(34-2)13-35-25(33)23(30)27-20(12-21(29)24(31)32)10-16-6-8-17(9-7-16)18-4-3-5-19(26)11-18/h3-9,11,14,20-21,29H,10,12-13H2,1-2H3,(H,27,30)(H,31,32)/b22-15-/t20-,21?/m1/s1. The van der Waals surface area contributed by atoms with Gasteiger partial charge in [0.05, 0.1) is 7.11 Å². The normalized spacial score (nSPS) is 13.0. The summed E-state index contributed by atoms with van der Waals surface area (Å²) in [6.07, 6.45) is -1.97. The first-order valence-electron chi connectivity index (χ1n) is 10.7. The maximum Gasteiger partial charge on any atom is 0.397 e. The molecule has 0 radical (unpaired) electrons. The highest BCUT2D eigenvalue weighted by atomic mass is 35.5. The zero-order valence-corrected chi connectivity index (χ0v) is 20.4. The molecule has 3 N–H and O–H groups in total. The summed E-state index contributed by atoms with van der Waals surface area (Å²) in [6.45, 7) is 1.10. The molecular weight excluding hydrogens is 494 g/mol. The molecule has 2 atom stereocenters. The number of benzene rings is 2. The number of carbonyl (C=O) groups is 4. The van der Waals surface area contributed by atoms with E-state index in [1.807, 2.05) is 30.3 Å². The van der Waals surface area contributed by atoms with Gasteiger partial charge in [-0.15, -0.1) is 0 Å². The maximum absolute atomic E-state index is 12.4. The Balaban J connectivity index is 2.09. The fourth-order valence-corrected chi connectivity index (χ4v) is 3.42. The summed E-state index contributed by atoms with van der Waals surface area (Å²) in [7, 11) is 1.27. The molecule has 0 aliphatic rings. The van der Waals surface area contributed by atoms with Crippen molar-refractivity contribution in [3.8, 4) is 11.1 Å². The Morgan fingerprint density at radius 2 is 1.81 bits per heavy atom. The third-order valence-corrected chi connectivity index (χ3v) is 5.34. The van der Waals surface area contributed by atoms with Crippen molar-refractivity contribution in [2.45, 2.75) is 31.9 Å². The minimum atomic E-state index is -1.76. The number of allylic oxidation sites excluding steroid dienone is 1. The molecule has 192 valence electrons. The van der Waals surface area contributed by atoms with Crippen LogP contribution in [0.3, 0.4) is 0 Å². The largest absolute Gasteiger partial charge is 0.494 e. The second-order valence-corrected chi connectivity index (χ2v) is 8.08. The lowest BCUT2D eigenvalue weighted by Gasteiger charge is -2.20. The van der Waals surface area contributed by atoms with Gasteiger partial charge in [0.25, 0.3) is 6.47 Å². The summed E-state index contributed by atoms with van der Waals surface area (Å²) in [6, 6.07) is 13.6. The van der Waals surface area contributed by atoms with E-state index in [-0.39, 0.29) is 30.8 Å². The summed E-state index contributed by atoms with van der Waals surface area (Å²) in [5.74, 6) is -3.81. The minimum absolute atomic E-state index is 0.0147. The van der Waals surface area contributed by atoms with Gasteiger partial charge in [-0.3, -0.25) is 9.59 Å². The van der Waals surface area contributed by atoms with Gasteiger partial charge in [0, 0.05) is 17.5 Å². The monoisotopic (exact) mass is 519 g/mol. The minimum Gasteiger partial charge on any atom is -0.494 e. The first kappa shape index (κ1) is 28.3. The maximum atomic E-state index is 12.4. The van der Waals surface area contributed by atoms with Crippen molar-refractivity contribution in [3.05, 3.63) is 70.6 Å². The number of carboxylic acid groups (broad SMARTS) is 1. The van der Waals surface area contributed by atoms with Crippen molar-refractivity contribution in [3.63, 3.8) is 0 Å². The molecule has 0 fully saturated rings. The summed E-state index contributed by atoms with van der Waals surface area (Å²) >= 11 is 6.04. The van der Waals surface area contributed by atoms with E-state index in [0.29, 0.717) is 5.02 Å². The average Bonchev–Trinajstić information content (AvgIpc) is 2.84. The third-order valence-electron chi connectivity index (χ3n) is 5.11. The van der Waals surface area contributed by atoms with Crippen molar-refractivity contribution in [1.82, 2.24) is 5.32 Å². The van der Waals surface area contributed by atoms with Crippen LogP contribution in [0, 0.1) is 0 Å². The number of carboxylic acids is 1. The van der Waals surface area contributed by atoms with E-state index in [0.717, 1.165) is 16.7 Å². The highest BCUT2D eigenvalue weighted by molar-refractivity contribution is 6.32. The first-order valence-corrected chi connectivity index (χ1v) is 11.1. The predicted molar refractivity (Wildman–Crippen MR) is 129 cm³/mol. The van der Waals surface area contributed by atoms with E-state index in [1.54, 1.807) is 18.2 Å². The Morgan fingerprint density at radius 3 is 2.39 bits per heavy atom. The number of carbonyl (C=O) groups excluding carboxylic acids is 3. The molecule has 0 saturated carbocycles. The molecule has 2 aromatic rings. The number of hydrogen-bond acceptors (Lipinski definition) is 8. The Morgan fingerprint density at radius 1 is 1.11 bits per heavy atom. The van der Waals surface area contributed by atoms with Crippen molar-refractivity contribution in [1.29, 1.82) is 0 Å². The van der Waals surface area contributed by atoms with Crippen molar-refractivity contribution >= 4 is 35.9 Å². The quantitative estimate of drug-likeness (QED) is 0.166. The van der Waals surface area contributed by atoms with Crippen molar-refractivity contribution in [2.24, 2.45) is 0 Å². The van der Waals surface area contributed by atoms with Crippen LogP contribution in [0.5, 0.6) is 0 Å². The molecule has 11 heteroatoms. The van der Waals surface area contributed by atoms with Crippen LogP contribution in [-0.4, -0.2) is 60.4 Å². The molecule has 10 nitrogen and oxygen atoms in total. The molecule has 1 amide bonds. The summed E-state index contributed by atoms with van der Waals surface area (Å²) in [4.78, 5) is 46.1. The highest BCUT2D eigenvalue weighted by Crippen LogP contribution is 2.23. The average molecular weight is 520 g/mol. The fraction of sp³-hybridized carbons (Fsp3) is 0.280. The second kappa shape index (κ2) is 13.9. The van der Waals surface area contributed by atoms with Gasteiger partial charge in [-0.1, -0.05) is 48.0 Å². The van der Waals surface area contributed by atoms with Gasteiger partial charge >= 0.3 is 17.8 Å². The summed E-state index contributed by atoms with van der Waals surface area (Å²) in [5, 5.41) is 21.9. The summed E-state index contributed by atoms with van der Waals surface area (Å²) < 4.78 is 14.5. The number of esters is 1. The van der Waals surface area contributed by atoms with Gasteiger partial charge in [0.15, 0.2) is 18.5 Å². The lowest BCUT2D eigenvalue weighted by molar-refractivity contribution is -0.155. The number of hydrogen-bond donors (Lipinski definition) is 3. The van der Waals surface area contributed by atoms with E-state index in [1.165, 1.54) is 14.0 Å². The highest BCUT2D eigenvalue weighted by Gasteiger charge is 2.25. The van der Waals surface area contributed by atoms with Crippen LogP contribution in [0.25, 0.3) is 11.1 Å². The number of nitrogens with one attached hydrogen (secondary N) is 1. The number of rotatable bonds is 12. The Kier molecular flexibility index (Phi) is 10.9. The molecule has 0 heterocycles. The number of halogens is 1. The van der Waals surface area contributed by atoms with Gasteiger partial charge in [0.1, 0.15) is 5.76 Å². The number of ether oxygens (including phenoxy) is 3. The van der Waals surface area contributed by atoms with E-state index in [4.69, 9.17) is 26.2 Å². The van der Waals surface area contributed by atoms with Gasteiger partial charge in [-0.2, -0.15) is 0 Å². The molecular formula is C25H26ClNO9. The fourth-order valence-electron chi connectivity index (χ4n) is 3.23. The second-order valence-electron chi connectivity index (χ2n) is 7.65. The molecule has 2 rings (SSSR count). The Labute approximate surface area is 212 Å². The van der Waals surface area contributed by atoms with Gasteiger partial charge in [-0.25, -0.2) is 9.59 Å². The number of aliphatic carboxylic acids is 1. The molecule has 0 aromatic heterocycles. The number of aliphatic hydroxyl groups excluding tert-OH is 1. The van der Waals surface area contributed by atoms with E-state index in [9.17, 15) is 24.3 Å². The van der Waals surface area contributed by atoms with Crippen LogP contribution >= 0.6 is 11.6 Å². The zero-order valence-electron chi connectivity index (χ0n) is 19.6. The van der Waals surface area contributed by atoms with Gasteiger partial charge in [-0.05, 0) is 42.2 Å². The Bertz CT molecular complexity index is 1110. The Hall–Kier alpha value is -3.89. The zero-order chi connectivity index (χ0) is 26.7. The van der Waals surface area contributed by atoms with E-state index in [2.05, 4.69) is 10.1 Å². The number of methoxy groups -OCH3 is 1.